The van der Waals surface area contributed by atoms with Gasteiger partial charge >= 0.3 is 0 Å². The molecule has 6 heteroatoms. The van der Waals surface area contributed by atoms with E-state index in [1.165, 1.54) is 6.33 Å². The van der Waals surface area contributed by atoms with Crippen LogP contribution in [-0.2, 0) is 0 Å². The minimum absolute atomic E-state index is 0.113. The summed E-state index contributed by atoms with van der Waals surface area (Å²) in [6.45, 7) is 0.552. The molecule has 1 aromatic heterocycles. The van der Waals surface area contributed by atoms with Gasteiger partial charge in [0.1, 0.15) is 16.6 Å². The smallest absolute Gasteiger partial charge is 0.233 e. The third kappa shape index (κ3) is 2.81. The normalized spacial score (nSPS) is 9.93. The van der Waals surface area contributed by atoms with Crippen molar-refractivity contribution < 1.29 is 9.84 Å². The Kier molecular flexibility index (Phi) is 4.61. The largest absolute Gasteiger partial charge is 0.477 e. The monoisotopic (exact) mass is 261 g/mol. The van der Waals surface area contributed by atoms with E-state index in [9.17, 15) is 0 Å². The number of hydrogen-bond acceptors (Lipinski definition) is 5. The van der Waals surface area contributed by atoms with Gasteiger partial charge in [0.25, 0.3) is 0 Å². The molecule has 78 valence electrons. The van der Waals surface area contributed by atoms with Crippen LogP contribution in [0.4, 0.5) is 5.82 Å². The Morgan fingerprint density at radius 1 is 1.57 bits per heavy atom. The van der Waals surface area contributed by atoms with E-state index in [0.717, 1.165) is 0 Å². The molecule has 1 heterocycles. The summed E-state index contributed by atoms with van der Waals surface area (Å²) in [5, 5.41) is 11.5. The minimum Gasteiger partial charge on any atom is -0.477 e. The number of aliphatic hydroxyl groups is 1. The van der Waals surface area contributed by atoms with Gasteiger partial charge in [-0.3, -0.25) is 0 Å². The lowest BCUT2D eigenvalue weighted by atomic mass is 10.5. The fourth-order valence-electron chi connectivity index (χ4n) is 0.862. The van der Waals surface area contributed by atoms with Gasteiger partial charge in [-0.2, -0.15) is 0 Å². The molecule has 0 aliphatic rings. The Morgan fingerprint density at radius 2 is 2.36 bits per heavy atom. The molecule has 0 unspecified atom stereocenters. The molecule has 0 aliphatic heterocycles. The van der Waals surface area contributed by atoms with Crippen LogP contribution in [0.1, 0.15) is 6.42 Å². The number of anilines is 1. The molecule has 1 aromatic rings. The summed E-state index contributed by atoms with van der Waals surface area (Å²) in [6.07, 6.45) is 2.01. The first-order chi connectivity index (χ1) is 6.79. The predicted molar refractivity (Wildman–Crippen MR) is 56.5 cm³/mol. The van der Waals surface area contributed by atoms with E-state index in [0.29, 0.717) is 29.2 Å². The van der Waals surface area contributed by atoms with Gasteiger partial charge in [-0.1, -0.05) is 0 Å². The first-order valence-electron chi connectivity index (χ1n) is 4.21. The lowest BCUT2D eigenvalue weighted by Crippen LogP contribution is -2.04. The van der Waals surface area contributed by atoms with Crippen molar-refractivity contribution >= 4 is 21.7 Å². The average Bonchev–Trinajstić information content (AvgIpc) is 2.21. The van der Waals surface area contributed by atoms with E-state index in [-0.39, 0.29) is 6.61 Å². The molecule has 0 bridgehead atoms. The molecule has 0 fully saturated rings. The summed E-state index contributed by atoms with van der Waals surface area (Å²) < 4.78 is 6.02. The van der Waals surface area contributed by atoms with Gasteiger partial charge in [0.15, 0.2) is 0 Å². The number of halogens is 1. The Hall–Kier alpha value is -0.880. The Bertz CT molecular complexity index is 296. The van der Waals surface area contributed by atoms with Crippen LogP contribution in [0.2, 0.25) is 0 Å². The highest BCUT2D eigenvalue weighted by molar-refractivity contribution is 9.10. The van der Waals surface area contributed by atoms with Crippen LogP contribution in [0, 0.1) is 0 Å². The summed E-state index contributed by atoms with van der Waals surface area (Å²) in [5.74, 6) is 1.16. The van der Waals surface area contributed by atoms with Crippen LogP contribution in [-0.4, -0.2) is 35.3 Å². The van der Waals surface area contributed by atoms with E-state index >= 15 is 0 Å². The van der Waals surface area contributed by atoms with E-state index in [1.807, 2.05) is 0 Å². The number of nitrogens with one attached hydrogen (secondary N) is 1. The van der Waals surface area contributed by atoms with Gasteiger partial charge in [0.2, 0.25) is 5.88 Å². The summed E-state index contributed by atoms with van der Waals surface area (Å²) in [4.78, 5) is 7.94. The number of nitrogens with zero attached hydrogens (tertiary/aromatic N) is 2. The van der Waals surface area contributed by atoms with Gasteiger partial charge < -0.3 is 15.2 Å². The molecule has 0 atom stereocenters. The second-order valence-corrected chi connectivity index (χ2v) is 3.31. The maximum Gasteiger partial charge on any atom is 0.233 e. The standard InChI is InChI=1S/C8H12BrN3O2/c1-10-7-6(9)8(12-5-11-7)14-4-2-3-13/h5,13H,2-4H2,1H3,(H,10,11,12). The lowest BCUT2D eigenvalue weighted by molar-refractivity contribution is 0.228. The van der Waals surface area contributed by atoms with E-state index in [4.69, 9.17) is 9.84 Å². The molecule has 5 nitrogen and oxygen atoms in total. The first kappa shape index (κ1) is 11.2. The molecule has 0 spiro atoms. The minimum atomic E-state index is 0.113. The maximum atomic E-state index is 8.58. The fraction of sp³-hybridized carbons (Fsp3) is 0.500. The second kappa shape index (κ2) is 5.77. The molecule has 0 radical (unpaired) electrons. The van der Waals surface area contributed by atoms with E-state index in [2.05, 4.69) is 31.2 Å². The maximum absolute atomic E-state index is 8.58. The SMILES string of the molecule is CNc1ncnc(OCCCO)c1Br. The molecule has 2 N–H and O–H groups in total. The van der Waals surface area contributed by atoms with Crippen LogP contribution in [0.3, 0.4) is 0 Å². The van der Waals surface area contributed by atoms with Crippen molar-refractivity contribution in [3.8, 4) is 5.88 Å². The van der Waals surface area contributed by atoms with Crippen LogP contribution < -0.4 is 10.1 Å². The molecule has 0 amide bonds. The fourth-order valence-corrected chi connectivity index (χ4v) is 1.38. The van der Waals surface area contributed by atoms with Crippen LogP contribution >= 0.6 is 15.9 Å². The second-order valence-electron chi connectivity index (χ2n) is 2.52. The van der Waals surface area contributed by atoms with Gasteiger partial charge in [0, 0.05) is 20.1 Å². The van der Waals surface area contributed by atoms with E-state index in [1.54, 1.807) is 7.05 Å². The molecule has 0 aromatic carbocycles. The summed E-state index contributed by atoms with van der Waals surface area (Å²) in [5.41, 5.74) is 0. The third-order valence-electron chi connectivity index (χ3n) is 1.54. The summed E-state index contributed by atoms with van der Waals surface area (Å²) >= 11 is 3.32. The highest BCUT2D eigenvalue weighted by Crippen LogP contribution is 2.27. The first-order valence-corrected chi connectivity index (χ1v) is 5.00. The zero-order valence-electron chi connectivity index (χ0n) is 7.83. The molecule has 0 saturated heterocycles. The van der Waals surface area contributed by atoms with Gasteiger partial charge in [-0.25, -0.2) is 9.97 Å². The lowest BCUT2D eigenvalue weighted by Gasteiger charge is -2.08. The molecule has 0 aliphatic carbocycles. The van der Waals surface area contributed by atoms with Crippen molar-refractivity contribution in [1.29, 1.82) is 0 Å². The summed E-state index contributed by atoms with van der Waals surface area (Å²) in [7, 11) is 1.77. The van der Waals surface area contributed by atoms with Crippen molar-refractivity contribution in [2.45, 2.75) is 6.42 Å². The van der Waals surface area contributed by atoms with Gasteiger partial charge in [-0.15, -0.1) is 0 Å². The van der Waals surface area contributed by atoms with Gasteiger partial charge in [0.05, 0.1) is 6.61 Å². The zero-order valence-corrected chi connectivity index (χ0v) is 9.41. The summed E-state index contributed by atoms with van der Waals surface area (Å²) in [6, 6.07) is 0. The number of hydrogen-bond donors (Lipinski definition) is 2. The number of rotatable bonds is 5. The number of aliphatic hydroxyl groups excluding tert-OH is 1. The average molecular weight is 262 g/mol. The number of aromatic nitrogens is 2. The Labute approximate surface area is 90.7 Å². The van der Waals surface area contributed by atoms with Crippen molar-refractivity contribution in [2.24, 2.45) is 0 Å². The van der Waals surface area contributed by atoms with Gasteiger partial charge in [-0.05, 0) is 15.9 Å². The molecule has 0 saturated carbocycles. The topological polar surface area (TPSA) is 67.3 Å². The van der Waals surface area contributed by atoms with Crippen LogP contribution in [0.15, 0.2) is 10.8 Å². The van der Waals surface area contributed by atoms with Crippen molar-refractivity contribution in [1.82, 2.24) is 9.97 Å². The zero-order chi connectivity index (χ0) is 10.4. The Balaban J connectivity index is 2.66. The third-order valence-corrected chi connectivity index (χ3v) is 2.25. The number of ether oxygens (including phenoxy) is 1. The molecular formula is C8H12BrN3O2. The predicted octanol–water partition coefficient (Wildman–Crippen LogP) is 1.04. The quantitative estimate of drug-likeness (QED) is 0.776. The van der Waals surface area contributed by atoms with Crippen molar-refractivity contribution in [2.75, 3.05) is 25.6 Å². The van der Waals surface area contributed by atoms with Crippen LogP contribution in [0.5, 0.6) is 5.88 Å². The van der Waals surface area contributed by atoms with Crippen molar-refractivity contribution in [3.63, 3.8) is 0 Å². The highest BCUT2D eigenvalue weighted by atomic mass is 79.9. The molecule has 14 heavy (non-hydrogen) atoms. The Morgan fingerprint density at radius 3 is 3.00 bits per heavy atom. The van der Waals surface area contributed by atoms with Crippen LogP contribution in [0.25, 0.3) is 0 Å². The van der Waals surface area contributed by atoms with Crippen molar-refractivity contribution in [3.05, 3.63) is 10.8 Å². The molecule has 1 rings (SSSR count). The molecular weight excluding hydrogens is 250 g/mol. The highest BCUT2D eigenvalue weighted by Gasteiger charge is 2.07. The van der Waals surface area contributed by atoms with E-state index < -0.39 is 0 Å².